The van der Waals surface area contributed by atoms with Crippen LogP contribution in [0.15, 0.2) is 30.3 Å². The van der Waals surface area contributed by atoms with Crippen LogP contribution in [0, 0.1) is 0 Å². The lowest BCUT2D eigenvalue weighted by molar-refractivity contribution is -0.113. The van der Waals surface area contributed by atoms with E-state index in [2.05, 4.69) is 5.32 Å². The van der Waals surface area contributed by atoms with Crippen LogP contribution in [0.25, 0.3) is 0 Å². The van der Waals surface area contributed by atoms with Gasteiger partial charge in [0.15, 0.2) is 5.78 Å². The molecule has 1 amide bonds. The lowest BCUT2D eigenvalue weighted by Crippen LogP contribution is -2.14. The average molecular weight is 386 g/mol. The molecule has 126 valence electrons. The Morgan fingerprint density at radius 3 is 2.54 bits per heavy atom. The lowest BCUT2D eigenvalue weighted by Gasteiger charge is -2.05. The van der Waals surface area contributed by atoms with Gasteiger partial charge in [-0.05, 0) is 25.1 Å². The minimum absolute atomic E-state index is 0.162. The Hall–Kier alpha value is -1.89. The minimum atomic E-state index is -0.568. The summed E-state index contributed by atoms with van der Waals surface area (Å²) in [6.07, 6.45) is 0. The largest absolute Gasteiger partial charge is 0.462 e. The third kappa shape index (κ3) is 4.14. The number of halogens is 2. The molecule has 0 spiro atoms. The zero-order chi connectivity index (χ0) is 17.7. The van der Waals surface area contributed by atoms with E-state index in [1.165, 1.54) is 6.07 Å². The normalized spacial score (nSPS) is 10.3. The van der Waals surface area contributed by atoms with E-state index in [4.69, 9.17) is 27.9 Å². The van der Waals surface area contributed by atoms with E-state index in [1.54, 1.807) is 31.2 Å². The number of benzene rings is 1. The molecule has 1 N–H and O–H groups in total. The summed E-state index contributed by atoms with van der Waals surface area (Å²) in [4.78, 5) is 36.4. The van der Waals surface area contributed by atoms with E-state index >= 15 is 0 Å². The summed E-state index contributed by atoms with van der Waals surface area (Å²) in [5.74, 6) is -1.73. The van der Waals surface area contributed by atoms with Crippen molar-refractivity contribution < 1.29 is 19.1 Å². The first-order valence-corrected chi connectivity index (χ1v) is 8.66. The highest BCUT2D eigenvalue weighted by molar-refractivity contribution is 7.18. The number of hydrogen-bond donors (Lipinski definition) is 1. The van der Waals surface area contributed by atoms with E-state index in [9.17, 15) is 14.4 Å². The molecule has 0 aliphatic carbocycles. The number of carbonyl (C=O) groups excluding carboxylic acids is 3. The van der Waals surface area contributed by atoms with Gasteiger partial charge in [0.05, 0.1) is 17.2 Å². The maximum absolute atomic E-state index is 12.7. The molecule has 1 heterocycles. The molecule has 0 aliphatic heterocycles. The maximum Gasteiger partial charge on any atom is 0.348 e. The topological polar surface area (TPSA) is 72.5 Å². The molecule has 8 heteroatoms. The number of ether oxygens (including phenoxy) is 1. The summed E-state index contributed by atoms with van der Waals surface area (Å²) in [5.41, 5.74) is 0.434. The maximum atomic E-state index is 12.7. The molecule has 0 unspecified atom stereocenters. The van der Waals surface area contributed by atoms with Gasteiger partial charge in [0.2, 0.25) is 5.91 Å². The monoisotopic (exact) mass is 385 g/mol. The molecule has 0 atom stereocenters. The van der Waals surface area contributed by atoms with Crippen LogP contribution >= 0.6 is 34.5 Å². The number of alkyl halides is 1. The second-order valence-corrected chi connectivity index (χ2v) is 6.29. The lowest BCUT2D eigenvalue weighted by atomic mass is 10.0. The van der Waals surface area contributed by atoms with Gasteiger partial charge >= 0.3 is 5.97 Å². The molecule has 0 saturated heterocycles. The smallest absolute Gasteiger partial charge is 0.348 e. The molecule has 0 bridgehead atoms. The number of nitrogens with one attached hydrogen (secondary N) is 1. The van der Waals surface area contributed by atoms with Crippen molar-refractivity contribution in [1.82, 2.24) is 0 Å². The molecule has 0 aliphatic rings. The summed E-state index contributed by atoms with van der Waals surface area (Å²) in [6.45, 7) is 1.88. The molecule has 5 nitrogen and oxygen atoms in total. The van der Waals surface area contributed by atoms with Crippen LogP contribution in [0.1, 0.15) is 32.5 Å². The van der Waals surface area contributed by atoms with Crippen molar-refractivity contribution in [3.8, 4) is 0 Å². The number of ketones is 1. The van der Waals surface area contributed by atoms with Gasteiger partial charge in [0, 0.05) is 5.56 Å². The van der Waals surface area contributed by atoms with Gasteiger partial charge in [-0.1, -0.05) is 23.7 Å². The summed E-state index contributed by atoms with van der Waals surface area (Å²) in [7, 11) is 0. The molecule has 2 aromatic rings. The van der Waals surface area contributed by atoms with Gasteiger partial charge in [0.1, 0.15) is 15.8 Å². The number of esters is 1. The summed E-state index contributed by atoms with van der Waals surface area (Å²) >= 11 is 12.5. The number of hydrogen-bond acceptors (Lipinski definition) is 5. The van der Waals surface area contributed by atoms with Crippen molar-refractivity contribution in [3.05, 3.63) is 51.4 Å². The van der Waals surface area contributed by atoms with Crippen LogP contribution in [0.4, 0.5) is 5.00 Å². The first kappa shape index (κ1) is 18.4. The predicted octanol–water partition coefficient (Wildman–Crippen LogP) is 3.99. The van der Waals surface area contributed by atoms with Gasteiger partial charge in [-0.15, -0.1) is 22.9 Å². The highest BCUT2D eigenvalue weighted by atomic mass is 35.5. The first-order valence-electron chi connectivity index (χ1n) is 6.94. The van der Waals surface area contributed by atoms with Gasteiger partial charge in [0.25, 0.3) is 0 Å². The van der Waals surface area contributed by atoms with Crippen molar-refractivity contribution in [2.75, 3.05) is 17.8 Å². The quantitative estimate of drug-likeness (QED) is 0.463. The Labute approximate surface area is 152 Å². The van der Waals surface area contributed by atoms with Crippen molar-refractivity contribution >= 4 is 57.2 Å². The van der Waals surface area contributed by atoms with Gasteiger partial charge < -0.3 is 10.1 Å². The summed E-state index contributed by atoms with van der Waals surface area (Å²) in [6, 6.07) is 7.92. The SMILES string of the molecule is CCOC(=O)c1cc(C(=O)c2ccccc2Cl)c(NC(=O)CCl)s1. The van der Waals surface area contributed by atoms with E-state index < -0.39 is 17.7 Å². The molecule has 1 aromatic carbocycles. The minimum Gasteiger partial charge on any atom is -0.462 e. The summed E-state index contributed by atoms with van der Waals surface area (Å²) in [5, 5.41) is 3.03. The Morgan fingerprint density at radius 1 is 1.21 bits per heavy atom. The number of anilines is 1. The van der Waals surface area contributed by atoms with E-state index in [0.29, 0.717) is 0 Å². The molecule has 0 fully saturated rings. The molecule has 0 radical (unpaired) electrons. The van der Waals surface area contributed by atoms with E-state index in [1.807, 2.05) is 0 Å². The van der Waals surface area contributed by atoms with E-state index in [-0.39, 0.29) is 38.5 Å². The van der Waals surface area contributed by atoms with Crippen LogP contribution in [0.5, 0.6) is 0 Å². The van der Waals surface area contributed by atoms with Crippen LogP contribution in [0.3, 0.4) is 0 Å². The molecule has 0 saturated carbocycles. The van der Waals surface area contributed by atoms with Crippen molar-refractivity contribution in [2.24, 2.45) is 0 Å². The molecule has 1 aromatic heterocycles. The fourth-order valence-corrected chi connectivity index (χ4v) is 3.16. The third-order valence-corrected chi connectivity index (χ3v) is 4.55. The van der Waals surface area contributed by atoms with Crippen molar-refractivity contribution in [3.63, 3.8) is 0 Å². The van der Waals surface area contributed by atoms with Crippen LogP contribution < -0.4 is 5.32 Å². The standard InChI is InChI=1S/C16H13Cl2NO4S/c1-2-23-16(22)12-7-10(15(24-12)19-13(20)8-17)14(21)9-5-3-4-6-11(9)18/h3-7H,2,8H2,1H3,(H,19,20). The van der Waals surface area contributed by atoms with Crippen molar-refractivity contribution in [2.45, 2.75) is 6.92 Å². The zero-order valence-electron chi connectivity index (χ0n) is 12.6. The third-order valence-electron chi connectivity index (χ3n) is 2.95. The Morgan fingerprint density at radius 2 is 1.92 bits per heavy atom. The average Bonchev–Trinajstić information content (AvgIpc) is 2.98. The number of rotatable bonds is 6. The van der Waals surface area contributed by atoms with Gasteiger partial charge in [-0.25, -0.2) is 4.79 Å². The highest BCUT2D eigenvalue weighted by Crippen LogP contribution is 2.32. The number of amides is 1. The number of carbonyl (C=O) groups is 3. The second-order valence-electron chi connectivity index (χ2n) is 4.56. The van der Waals surface area contributed by atoms with Gasteiger partial charge in [-0.2, -0.15) is 0 Å². The second kappa shape index (κ2) is 8.28. The highest BCUT2D eigenvalue weighted by Gasteiger charge is 2.23. The molecular formula is C16H13Cl2NO4S. The fourth-order valence-electron chi connectivity index (χ4n) is 1.91. The zero-order valence-corrected chi connectivity index (χ0v) is 14.9. The Kier molecular flexibility index (Phi) is 6.36. The van der Waals surface area contributed by atoms with Crippen LogP contribution in [-0.4, -0.2) is 30.1 Å². The molecular weight excluding hydrogens is 373 g/mol. The van der Waals surface area contributed by atoms with Crippen molar-refractivity contribution in [1.29, 1.82) is 0 Å². The molecule has 24 heavy (non-hydrogen) atoms. The molecule has 2 rings (SSSR count). The Bertz CT molecular complexity index is 788. The van der Waals surface area contributed by atoms with Crippen LogP contribution in [-0.2, 0) is 9.53 Å². The first-order chi connectivity index (χ1) is 11.5. The van der Waals surface area contributed by atoms with E-state index in [0.717, 1.165) is 11.3 Å². The van der Waals surface area contributed by atoms with Crippen LogP contribution in [0.2, 0.25) is 5.02 Å². The fraction of sp³-hybridized carbons (Fsp3) is 0.188. The Balaban J connectivity index is 2.46. The predicted molar refractivity (Wildman–Crippen MR) is 94.5 cm³/mol. The number of thiophene rings is 1. The van der Waals surface area contributed by atoms with Gasteiger partial charge in [-0.3, -0.25) is 9.59 Å². The summed E-state index contributed by atoms with van der Waals surface area (Å²) < 4.78 is 4.93.